The van der Waals surface area contributed by atoms with Gasteiger partial charge in [0, 0.05) is 5.56 Å². The molecule has 2 unspecified atom stereocenters. The minimum Gasteiger partial charge on any atom is -0.481 e. The molecule has 5 nitrogen and oxygen atoms in total. The van der Waals surface area contributed by atoms with E-state index in [9.17, 15) is 19.4 Å². The summed E-state index contributed by atoms with van der Waals surface area (Å²) in [6.07, 6.45) is -3.93. The van der Waals surface area contributed by atoms with Crippen molar-refractivity contribution in [1.82, 2.24) is 0 Å². The maximum atomic E-state index is 13.4. The SMILES string of the molecule is O=C(O)CC(O)C(O)c1cc(CO)ccc1F. The Hall–Kier alpha value is -1.50. The summed E-state index contributed by atoms with van der Waals surface area (Å²) in [6, 6.07) is 3.55. The zero-order valence-corrected chi connectivity index (χ0v) is 8.88. The summed E-state index contributed by atoms with van der Waals surface area (Å²) in [6.45, 7) is -0.338. The highest BCUT2D eigenvalue weighted by Gasteiger charge is 2.23. The van der Waals surface area contributed by atoms with E-state index in [2.05, 4.69) is 0 Å². The van der Waals surface area contributed by atoms with Gasteiger partial charge in [-0.25, -0.2) is 4.39 Å². The molecule has 1 aromatic rings. The van der Waals surface area contributed by atoms with Crippen molar-refractivity contribution in [3.63, 3.8) is 0 Å². The van der Waals surface area contributed by atoms with Gasteiger partial charge < -0.3 is 20.4 Å². The number of carbonyl (C=O) groups is 1. The molecule has 0 amide bonds. The minimum absolute atomic E-state index is 0.231. The molecule has 0 saturated carbocycles. The lowest BCUT2D eigenvalue weighted by Gasteiger charge is -2.17. The molecule has 0 aliphatic carbocycles. The summed E-state index contributed by atoms with van der Waals surface area (Å²) in [4.78, 5) is 10.3. The summed E-state index contributed by atoms with van der Waals surface area (Å²) >= 11 is 0. The first kappa shape index (κ1) is 13.6. The molecule has 0 fully saturated rings. The van der Waals surface area contributed by atoms with Crippen LogP contribution in [0.4, 0.5) is 4.39 Å². The summed E-state index contributed by atoms with van der Waals surface area (Å²) in [5.41, 5.74) is 0.133. The van der Waals surface area contributed by atoms with E-state index in [-0.39, 0.29) is 12.2 Å². The Morgan fingerprint density at radius 1 is 1.35 bits per heavy atom. The number of benzene rings is 1. The molecule has 0 saturated heterocycles. The molecule has 0 heterocycles. The molecule has 0 bridgehead atoms. The predicted octanol–water partition coefficient (Wildman–Crippen LogP) is 0.187. The lowest BCUT2D eigenvalue weighted by atomic mass is 9.99. The molecule has 4 N–H and O–H groups in total. The Labute approximate surface area is 96.8 Å². The Bertz CT molecular complexity index is 407. The van der Waals surface area contributed by atoms with Gasteiger partial charge in [0.15, 0.2) is 0 Å². The molecule has 1 rings (SSSR count). The molecule has 0 spiro atoms. The minimum atomic E-state index is -1.64. The predicted molar refractivity (Wildman–Crippen MR) is 55.5 cm³/mol. The average Bonchev–Trinajstić information content (AvgIpc) is 2.28. The van der Waals surface area contributed by atoms with Crippen molar-refractivity contribution in [2.24, 2.45) is 0 Å². The topological polar surface area (TPSA) is 98.0 Å². The number of aliphatic hydroxyl groups is 3. The number of aliphatic hydroxyl groups excluding tert-OH is 3. The second kappa shape index (κ2) is 5.72. The lowest BCUT2D eigenvalue weighted by molar-refractivity contribution is -0.141. The monoisotopic (exact) mass is 244 g/mol. The van der Waals surface area contributed by atoms with E-state index in [1.54, 1.807) is 0 Å². The Morgan fingerprint density at radius 3 is 2.53 bits per heavy atom. The van der Waals surface area contributed by atoms with Crippen molar-refractivity contribution in [3.8, 4) is 0 Å². The average molecular weight is 244 g/mol. The fraction of sp³-hybridized carbons (Fsp3) is 0.364. The number of hydrogen-bond donors (Lipinski definition) is 4. The third kappa shape index (κ3) is 3.48. The van der Waals surface area contributed by atoms with E-state index in [1.807, 2.05) is 0 Å². The molecule has 94 valence electrons. The van der Waals surface area contributed by atoms with Crippen LogP contribution in [0, 0.1) is 5.82 Å². The molecule has 0 aliphatic rings. The number of rotatable bonds is 5. The first-order chi connectivity index (χ1) is 7.95. The Morgan fingerprint density at radius 2 is 2.00 bits per heavy atom. The number of carboxylic acids is 1. The van der Waals surface area contributed by atoms with Crippen LogP contribution in [0.1, 0.15) is 23.7 Å². The van der Waals surface area contributed by atoms with Gasteiger partial charge >= 0.3 is 5.97 Å². The molecule has 6 heteroatoms. The summed E-state index contributed by atoms with van der Waals surface area (Å²) in [7, 11) is 0. The van der Waals surface area contributed by atoms with Crippen molar-refractivity contribution in [2.75, 3.05) is 0 Å². The highest BCUT2D eigenvalue weighted by molar-refractivity contribution is 5.67. The third-order valence-electron chi connectivity index (χ3n) is 2.31. The molecule has 0 aliphatic heterocycles. The van der Waals surface area contributed by atoms with Gasteiger partial charge in [-0.1, -0.05) is 6.07 Å². The Kier molecular flexibility index (Phi) is 4.56. The Balaban J connectivity index is 2.94. The number of aliphatic carboxylic acids is 1. The van der Waals surface area contributed by atoms with E-state index in [1.165, 1.54) is 12.1 Å². The van der Waals surface area contributed by atoms with Gasteiger partial charge in [-0.15, -0.1) is 0 Å². The zero-order valence-electron chi connectivity index (χ0n) is 8.88. The first-order valence-electron chi connectivity index (χ1n) is 4.92. The van der Waals surface area contributed by atoms with Gasteiger partial charge in [-0.2, -0.15) is 0 Å². The molecule has 0 aromatic heterocycles. The van der Waals surface area contributed by atoms with Crippen molar-refractivity contribution in [2.45, 2.75) is 25.2 Å². The second-order valence-electron chi connectivity index (χ2n) is 3.62. The molecule has 1 aromatic carbocycles. The van der Waals surface area contributed by atoms with Crippen LogP contribution in [0.3, 0.4) is 0 Å². The van der Waals surface area contributed by atoms with E-state index >= 15 is 0 Å². The maximum absolute atomic E-state index is 13.4. The van der Waals surface area contributed by atoms with Crippen molar-refractivity contribution in [3.05, 3.63) is 35.1 Å². The van der Waals surface area contributed by atoms with Gasteiger partial charge in [-0.05, 0) is 17.7 Å². The van der Waals surface area contributed by atoms with E-state index < -0.39 is 30.4 Å². The quantitative estimate of drug-likeness (QED) is 0.592. The third-order valence-corrected chi connectivity index (χ3v) is 2.31. The van der Waals surface area contributed by atoms with E-state index in [4.69, 9.17) is 10.2 Å². The fourth-order valence-corrected chi connectivity index (χ4v) is 1.42. The van der Waals surface area contributed by atoms with Gasteiger partial charge in [0.1, 0.15) is 11.9 Å². The fourth-order valence-electron chi connectivity index (χ4n) is 1.42. The maximum Gasteiger partial charge on any atom is 0.306 e. The van der Waals surface area contributed by atoms with Crippen LogP contribution in [0.5, 0.6) is 0 Å². The standard InChI is InChI=1S/C11H13FO5/c12-8-2-1-6(5-13)3-7(8)11(17)9(14)4-10(15)16/h1-3,9,11,13-14,17H,4-5H2,(H,15,16). The van der Waals surface area contributed by atoms with Crippen LogP contribution in [0.2, 0.25) is 0 Å². The number of carboxylic acid groups (broad SMARTS) is 1. The van der Waals surface area contributed by atoms with Crippen molar-refractivity contribution >= 4 is 5.97 Å². The zero-order chi connectivity index (χ0) is 13.0. The number of halogens is 1. The van der Waals surface area contributed by atoms with Gasteiger partial charge in [-0.3, -0.25) is 4.79 Å². The molecule has 17 heavy (non-hydrogen) atoms. The molecular formula is C11H13FO5. The molecular weight excluding hydrogens is 231 g/mol. The second-order valence-corrected chi connectivity index (χ2v) is 3.62. The van der Waals surface area contributed by atoms with Crippen LogP contribution in [-0.4, -0.2) is 32.5 Å². The molecule has 2 atom stereocenters. The smallest absolute Gasteiger partial charge is 0.306 e. The van der Waals surface area contributed by atoms with Crippen molar-refractivity contribution in [1.29, 1.82) is 0 Å². The van der Waals surface area contributed by atoms with Gasteiger partial charge in [0.25, 0.3) is 0 Å². The van der Waals surface area contributed by atoms with E-state index in [0.29, 0.717) is 5.56 Å². The summed E-state index contributed by atoms with van der Waals surface area (Å²) in [5, 5.41) is 36.3. The summed E-state index contributed by atoms with van der Waals surface area (Å²) < 4.78 is 13.4. The highest BCUT2D eigenvalue weighted by Crippen LogP contribution is 2.23. The van der Waals surface area contributed by atoms with Crippen LogP contribution in [-0.2, 0) is 11.4 Å². The van der Waals surface area contributed by atoms with Gasteiger partial charge in [0.05, 0.1) is 19.1 Å². The van der Waals surface area contributed by atoms with E-state index in [0.717, 1.165) is 6.07 Å². The highest BCUT2D eigenvalue weighted by atomic mass is 19.1. The first-order valence-corrected chi connectivity index (χ1v) is 4.92. The molecule has 0 radical (unpaired) electrons. The van der Waals surface area contributed by atoms with Crippen LogP contribution < -0.4 is 0 Å². The van der Waals surface area contributed by atoms with Crippen molar-refractivity contribution < 1.29 is 29.6 Å². The van der Waals surface area contributed by atoms with Crippen LogP contribution in [0.15, 0.2) is 18.2 Å². The number of hydrogen-bond acceptors (Lipinski definition) is 4. The largest absolute Gasteiger partial charge is 0.481 e. The van der Waals surface area contributed by atoms with Gasteiger partial charge in [0.2, 0.25) is 0 Å². The normalized spacial score (nSPS) is 14.4. The lowest BCUT2D eigenvalue weighted by Crippen LogP contribution is -2.22. The van der Waals surface area contributed by atoms with Crippen LogP contribution >= 0.6 is 0 Å². The summed E-state index contributed by atoms with van der Waals surface area (Å²) in [5.74, 6) is -2.06. The van der Waals surface area contributed by atoms with Crippen LogP contribution in [0.25, 0.3) is 0 Å².